The van der Waals surface area contributed by atoms with Crippen LogP contribution in [0.15, 0.2) is 0 Å². The molecule has 0 bridgehead atoms. The maximum Gasteiger partial charge on any atom is 0.0870 e. The Morgan fingerprint density at radius 3 is 0.421 bits per heavy atom. The largest absolute Gasteiger partial charge is 0.543 e. The van der Waals surface area contributed by atoms with E-state index in [4.69, 9.17) is 59.4 Å². The van der Waals surface area contributed by atoms with Gasteiger partial charge in [0.25, 0.3) is 0 Å². The van der Waals surface area contributed by atoms with Gasteiger partial charge in [-0.15, -0.1) is 0 Å². The number of carboxylic acid groups (broad SMARTS) is 6. The second kappa shape index (κ2) is 13.6. The SMILES string of the molecule is O=C([O-])C(=O)[O-].O=C([O-])C(=O)[O-].O=C([O-])C(=O)[O-].[Mo]. The summed E-state index contributed by atoms with van der Waals surface area (Å²) in [7, 11) is 0. The molecule has 0 spiro atoms. The van der Waals surface area contributed by atoms with E-state index in [0.29, 0.717) is 0 Å². The molecule has 0 unspecified atom stereocenters. The van der Waals surface area contributed by atoms with E-state index in [0.717, 1.165) is 0 Å². The Balaban J connectivity index is -0.0000000865. The molecule has 0 aromatic rings. The fraction of sp³-hybridized carbons (Fsp3) is 0. The van der Waals surface area contributed by atoms with Crippen molar-refractivity contribution in [3.8, 4) is 0 Å². The Labute approximate surface area is 117 Å². The van der Waals surface area contributed by atoms with E-state index in [1.807, 2.05) is 0 Å². The fourth-order valence-corrected chi connectivity index (χ4v) is 0. The zero-order valence-corrected chi connectivity index (χ0v) is 10.3. The maximum atomic E-state index is 8.93. The van der Waals surface area contributed by atoms with Crippen molar-refractivity contribution >= 4 is 35.8 Å². The Morgan fingerprint density at radius 1 is 0.368 bits per heavy atom. The molecule has 13 heteroatoms. The number of hydrogen-bond donors (Lipinski definition) is 0. The molecular formula is C6MoO12-6. The Hall–Kier alpha value is -2.49. The Morgan fingerprint density at radius 2 is 0.421 bits per heavy atom. The molecule has 0 fully saturated rings. The van der Waals surface area contributed by atoms with Crippen molar-refractivity contribution in [3.63, 3.8) is 0 Å². The topological polar surface area (TPSA) is 241 Å². The van der Waals surface area contributed by atoms with Crippen molar-refractivity contribution in [2.45, 2.75) is 0 Å². The number of carboxylic acids is 6. The van der Waals surface area contributed by atoms with Crippen LogP contribution >= 0.6 is 0 Å². The monoisotopic (exact) mass is 362 g/mol. The molecule has 0 aliphatic heterocycles. The maximum absolute atomic E-state index is 8.93. The Kier molecular flexibility index (Phi) is 18.1. The molecule has 0 saturated carbocycles. The van der Waals surface area contributed by atoms with Gasteiger partial charge >= 0.3 is 0 Å². The third-order valence-electron chi connectivity index (χ3n) is 0.500. The summed E-state index contributed by atoms with van der Waals surface area (Å²) in [4.78, 5) is 53.6. The van der Waals surface area contributed by atoms with Crippen LogP contribution in [0, 0.1) is 0 Å². The van der Waals surface area contributed by atoms with Crippen LogP contribution in [0.25, 0.3) is 0 Å². The van der Waals surface area contributed by atoms with Crippen molar-refractivity contribution in [2.24, 2.45) is 0 Å². The third kappa shape index (κ3) is 31.3. The molecule has 0 aliphatic carbocycles. The first-order valence-corrected chi connectivity index (χ1v) is 3.20. The molecule has 0 saturated heterocycles. The van der Waals surface area contributed by atoms with Gasteiger partial charge in [-0.1, -0.05) is 0 Å². The fourth-order valence-electron chi connectivity index (χ4n) is 0. The molecule has 0 N–H and O–H groups in total. The molecule has 0 aliphatic rings. The predicted molar refractivity (Wildman–Crippen MR) is 30.0 cm³/mol. The van der Waals surface area contributed by atoms with Gasteiger partial charge in [0, 0.05) is 21.1 Å². The van der Waals surface area contributed by atoms with Gasteiger partial charge in [-0.05, 0) is 0 Å². The van der Waals surface area contributed by atoms with Gasteiger partial charge in [0.2, 0.25) is 0 Å². The normalized spacial score (nSPS) is 6.95. The minimum atomic E-state index is -2.19. The van der Waals surface area contributed by atoms with Gasteiger partial charge in [-0.3, -0.25) is 0 Å². The quantitative estimate of drug-likeness (QED) is 0.289. The van der Waals surface area contributed by atoms with Crippen molar-refractivity contribution in [2.75, 3.05) is 0 Å². The Bertz CT molecular complexity index is 277. The minimum absolute atomic E-state index is 0. The van der Waals surface area contributed by atoms with E-state index in [1.54, 1.807) is 0 Å². The van der Waals surface area contributed by atoms with Crippen molar-refractivity contribution < 1.29 is 80.5 Å². The number of carbonyl (C=O) groups excluding carboxylic acids is 6. The number of rotatable bonds is 0. The van der Waals surface area contributed by atoms with Gasteiger partial charge in [0.1, 0.15) is 0 Å². The summed E-state index contributed by atoms with van der Waals surface area (Å²) in [5, 5.41) is 53.6. The first kappa shape index (κ1) is 25.4. The van der Waals surface area contributed by atoms with E-state index < -0.39 is 35.8 Å². The number of hydrogen-bond acceptors (Lipinski definition) is 12. The van der Waals surface area contributed by atoms with Crippen LogP contribution < -0.4 is 30.6 Å². The van der Waals surface area contributed by atoms with Crippen molar-refractivity contribution in [1.29, 1.82) is 0 Å². The summed E-state index contributed by atoms with van der Waals surface area (Å²) >= 11 is 0. The summed E-state index contributed by atoms with van der Waals surface area (Å²) in [6.07, 6.45) is 0. The average molecular weight is 360 g/mol. The van der Waals surface area contributed by atoms with Crippen molar-refractivity contribution in [1.82, 2.24) is 0 Å². The molecule has 0 aromatic heterocycles. The molecule has 0 heterocycles. The van der Waals surface area contributed by atoms with E-state index in [2.05, 4.69) is 0 Å². The van der Waals surface area contributed by atoms with Crippen LogP contribution in [0.4, 0.5) is 0 Å². The summed E-state index contributed by atoms with van der Waals surface area (Å²) in [6.45, 7) is 0. The number of carbonyl (C=O) groups is 6. The standard InChI is InChI=1S/3C2H2O4.Mo/c3*3-1(4)2(5)6;/h3*(H,3,4)(H,5,6);/p-6. The predicted octanol–water partition coefficient (Wildman–Crippen LogP) is -10.5. The third-order valence-corrected chi connectivity index (χ3v) is 0.500. The van der Waals surface area contributed by atoms with E-state index in [9.17, 15) is 0 Å². The summed E-state index contributed by atoms with van der Waals surface area (Å²) in [6, 6.07) is 0. The van der Waals surface area contributed by atoms with Gasteiger partial charge in [-0.2, -0.15) is 0 Å². The molecule has 0 aromatic carbocycles. The van der Waals surface area contributed by atoms with E-state index in [-0.39, 0.29) is 21.1 Å². The zero-order chi connectivity index (χ0) is 15.5. The first-order chi connectivity index (χ1) is 7.93. The summed E-state index contributed by atoms with van der Waals surface area (Å²) < 4.78 is 0. The molecule has 0 amide bonds. The van der Waals surface area contributed by atoms with Gasteiger partial charge in [-0.25, -0.2) is 0 Å². The van der Waals surface area contributed by atoms with Gasteiger partial charge in [0.05, 0.1) is 35.8 Å². The molecule has 0 radical (unpaired) electrons. The van der Waals surface area contributed by atoms with E-state index >= 15 is 0 Å². The van der Waals surface area contributed by atoms with Gasteiger partial charge in [0.15, 0.2) is 0 Å². The smallest absolute Gasteiger partial charge is 0.0870 e. The van der Waals surface area contributed by atoms with Crippen LogP contribution in [0.2, 0.25) is 0 Å². The first-order valence-electron chi connectivity index (χ1n) is 3.20. The van der Waals surface area contributed by atoms with Crippen LogP contribution in [-0.4, -0.2) is 35.8 Å². The van der Waals surface area contributed by atoms with Gasteiger partial charge < -0.3 is 59.4 Å². The van der Waals surface area contributed by atoms with Crippen LogP contribution in [0.3, 0.4) is 0 Å². The van der Waals surface area contributed by atoms with Crippen LogP contribution in [0.5, 0.6) is 0 Å². The molecule has 12 nitrogen and oxygen atoms in total. The van der Waals surface area contributed by atoms with Crippen LogP contribution in [0.1, 0.15) is 0 Å². The van der Waals surface area contributed by atoms with Crippen LogP contribution in [-0.2, 0) is 49.8 Å². The number of aliphatic carboxylic acids is 6. The average Bonchev–Trinajstić information content (AvgIpc) is 2.18. The van der Waals surface area contributed by atoms with Crippen molar-refractivity contribution in [3.05, 3.63) is 0 Å². The summed E-state index contributed by atoms with van der Waals surface area (Å²) in [5.74, 6) is -13.1. The minimum Gasteiger partial charge on any atom is -0.543 e. The molecule has 0 atom stereocenters. The molecular weight excluding hydrogens is 360 g/mol. The second-order valence-electron chi connectivity index (χ2n) is 1.72. The molecule has 19 heavy (non-hydrogen) atoms. The second-order valence-corrected chi connectivity index (χ2v) is 1.72. The molecule has 108 valence electrons. The summed E-state index contributed by atoms with van der Waals surface area (Å²) in [5.41, 5.74) is 0. The zero-order valence-electron chi connectivity index (χ0n) is 8.31. The van der Waals surface area contributed by atoms with E-state index in [1.165, 1.54) is 0 Å². The molecule has 0 rings (SSSR count).